The molecule has 0 unspecified atom stereocenters. The Kier molecular flexibility index (Phi) is 6.86. The Morgan fingerprint density at radius 1 is 1.03 bits per heavy atom. The van der Waals surface area contributed by atoms with Gasteiger partial charge in [0.2, 0.25) is 5.88 Å². The van der Waals surface area contributed by atoms with Crippen LogP contribution in [0.2, 0.25) is 0 Å². The summed E-state index contributed by atoms with van der Waals surface area (Å²) in [6.07, 6.45) is 0. The predicted molar refractivity (Wildman–Crippen MR) is 133 cm³/mol. The number of rotatable bonds is 8. The number of hydrazine groups is 3. The number of aryl methyl sites for hydroxylation is 2. The number of carbonyl (C=O) groups excluding carboxylic acids is 1. The van der Waals surface area contributed by atoms with Crippen molar-refractivity contribution in [1.82, 2.24) is 25.4 Å². The number of nitrogens with zero attached hydrogens (tertiary/aromatic N) is 5. The van der Waals surface area contributed by atoms with E-state index >= 15 is 0 Å². The number of amides is 2. The van der Waals surface area contributed by atoms with Gasteiger partial charge in [-0.25, -0.2) is 19.5 Å². The first-order valence-electron chi connectivity index (χ1n) is 11.4. The molecule has 4 rings (SSSR count). The van der Waals surface area contributed by atoms with Gasteiger partial charge in [0.25, 0.3) is 0 Å². The van der Waals surface area contributed by atoms with Gasteiger partial charge in [-0.2, -0.15) is 5.10 Å². The molecular formula is C25H32N6O4. The fourth-order valence-electron chi connectivity index (χ4n) is 4.12. The molecule has 0 atom stereocenters. The van der Waals surface area contributed by atoms with Gasteiger partial charge in [-0.3, -0.25) is 0 Å². The molecule has 2 aromatic carbocycles. The maximum atomic E-state index is 12.7. The van der Waals surface area contributed by atoms with Crippen LogP contribution in [0.4, 0.5) is 10.5 Å². The van der Waals surface area contributed by atoms with Crippen LogP contribution in [0.3, 0.4) is 0 Å². The average Bonchev–Trinajstić information content (AvgIpc) is 3.27. The van der Waals surface area contributed by atoms with Crippen LogP contribution in [-0.2, 0) is 13.7 Å². The number of ether oxygens (including phenoxy) is 3. The predicted octanol–water partition coefficient (Wildman–Crippen LogP) is 3.83. The lowest BCUT2D eigenvalue weighted by atomic mass is 10.1. The van der Waals surface area contributed by atoms with E-state index in [4.69, 9.17) is 14.2 Å². The number of anilines is 1. The van der Waals surface area contributed by atoms with Crippen molar-refractivity contribution in [3.63, 3.8) is 0 Å². The Bertz CT molecular complexity index is 1240. The molecule has 2 heterocycles. The third kappa shape index (κ3) is 4.50. The third-order valence-corrected chi connectivity index (χ3v) is 6.05. The molecule has 1 fully saturated rings. The van der Waals surface area contributed by atoms with E-state index in [1.807, 2.05) is 58.2 Å². The van der Waals surface area contributed by atoms with E-state index in [1.165, 1.54) is 10.0 Å². The number of hydrogen-bond donors (Lipinski definition) is 1. The van der Waals surface area contributed by atoms with Crippen LogP contribution in [0.15, 0.2) is 36.4 Å². The first kappa shape index (κ1) is 24.4. The smallest absolute Gasteiger partial charge is 0.355 e. The summed E-state index contributed by atoms with van der Waals surface area (Å²) in [4.78, 5) is 12.7. The van der Waals surface area contributed by atoms with Crippen molar-refractivity contribution < 1.29 is 19.0 Å². The number of methoxy groups -OCH3 is 1. The maximum Gasteiger partial charge on any atom is 0.355 e. The molecule has 0 saturated carbocycles. The van der Waals surface area contributed by atoms with Gasteiger partial charge in [-0.1, -0.05) is 6.07 Å². The van der Waals surface area contributed by atoms with Crippen LogP contribution in [0, 0.1) is 13.8 Å². The Balaban J connectivity index is 1.59. The minimum absolute atomic E-state index is 0.209. The highest BCUT2D eigenvalue weighted by Gasteiger charge is 2.33. The Hall–Kier alpha value is -3.76. The number of benzene rings is 2. The molecule has 186 valence electrons. The van der Waals surface area contributed by atoms with Crippen molar-refractivity contribution in [3.8, 4) is 28.6 Å². The fraction of sp³-hybridized carbons (Fsp3) is 0.360. The van der Waals surface area contributed by atoms with Gasteiger partial charge in [0, 0.05) is 32.3 Å². The Morgan fingerprint density at radius 2 is 1.80 bits per heavy atom. The second kappa shape index (κ2) is 9.85. The van der Waals surface area contributed by atoms with Gasteiger partial charge in [0.1, 0.15) is 18.1 Å². The van der Waals surface area contributed by atoms with E-state index in [0.717, 1.165) is 39.6 Å². The SMILES string of the molecule is CCOc1c(C)c(-c2ccc(OCc3c(OC)cccc3N3NN(C)N(C)C3=O)c(C)c2)nn1C. The van der Waals surface area contributed by atoms with E-state index in [9.17, 15) is 4.79 Å². The summed E-state index contributed by atoms with van der Waals surface area (Å²) in [5, 5.41) is 9.19. The molecular weight excluding hydrogens is 448 g/mol. The Labute approximate surface area is 205 Å². The minimum atomic E-state index is -0.209. The molecule has 1 aliphatic rings. The van der Waals surface area contributed by atoms with Crippen molar-refractivity contribution in [2.75, 3.05) is 32.8 Å². The van der Waals surface area contributed by atoms with Crippen LogP contribution < -0.4 is 24.8 Å². The summed E-state index contributed by atoms with van der Waals surface area (Å²) in [6.45, 7) is 6.77. The molecule has 1 saturated heterocycles. The summed E-state index contributed by atoms with van der Waals surface area (Å²) in [5.41, 5.74) is 8.28. The van der Waals surface area contributed by atoms with Crippen molar-refractivity contribution >= 4 is 11.7 Å². The van der Waals surface area contributed by atoms with Crippen molar-refractivity contribution in [2.45, 2.75) is 27.4 Å². The van der Waals surface area contributed by atoms with E-state index in [0.29, 0.717) is 18.0 Å². The van der Waals surface area contributed by atoms with Crippen LogP contribution in [-0.4, -0.2) is 53.8 Å². The number of urea groups is 1. The zero-order chi connectivity index (χ0) is 25.3. The lowest BCUT2D eigenvalue weighted by Crippen LogP contribution is -2.39. The van der Waals surface area contributed by atoms with Gasteiger partial charge in [-0.05, 0) is 56.7 Å². The van der Waals surface area contributed by atoms with E-state index in [2.05, 4.69) is 16.7 Å². The number of hydrogen-bond acceptors (Lipinski definition) is 7. The molecule has 35 heavy (non-hydrogen) atoms. The molecule has 1 aliphatic heterocycles. The van der Waals surface area contributed by atoms with Crippen LogP contribution in [0.1, 0.15) is 23.6 Å². The quantitative estimate of drug-likeness (QED) is 0.525. The highest BCUT2D eigenvalue weighted by Crippen LogP contribution is 2.34. The normalized spacial score (nSPS) is 14.1. The van der Waals surface area contributed by atoms with Gasteiger partial charge >= 0.3 is 6.03 Å². The Morgan fingerprint density at radius 3 is 2.43 bits per heavy atom. The lowest BCUT2D eigenvalue weighted by Gasteiger charge is -2.21. The van der Waals surface area contributed by atoms with Crippen LogP contribution >= 0.6 is 0 Å². The molecule has 3 aromatic rings. The maximum absolute atomic E-state index is 12.7. The van der Waals surface area contributed by atoms with Crippen LogP contribution in [0.25, 0.3) is 11.3 Å². The summed E-state index contributed by atoms with van der Waals surface area (Å²) in [7, 11) is 6.94. The highest BCUT2D eigenvalue weighted by atomic mass is 16.5. The zero-order valence-electron chi connectivity index (χ0n) is 21.2. The molecule has 2 amide bonds. The van der Waals surface area contributed by atoms with Gasteiger partial charge in [-0.15, -0.1) is 10.7 Å². The largest absolute Gasteiger partial charge is 0.496 e. The first-order chi connectivity index (χ1) is 16.8. The number of aromatic nitrogens is 2. The molecule has 0 aliphatic carbocycles. The zero-order valence-corrected chi connectivity index (χ0v) is 21.2. The lowest BCUT2D eigenvalue weighted by molar-refractivity contribution is 0.0652. The topological polar surface area (TPSA) is 84.3 Å². The summed E-state index contributed by atoms with van der Waals surface area (Å²) >= 11 is 0. The molecule has 0 bridgehead atoms. The highest BCUT2D eigenvalue weighted by molar-refractivity contribution is 5.93. The first-order valence-corrected chi connectivity index (χ1v) is 11.4. The standard InChI is InChI=1S/C25H32N6O4/c1-8-34-24-17(3)23(26-28(24)4)18-12-13-21(16(2)14-18)35-15-19-20(10-9-11-22(19)33-7)31-25(32)29(5)30(6)27-31/h9-14,27H,8,15H2,1-7H3. The third-order valence-electron chi connectivity index (χ3n) is 6.05. The minimum Gasteiger partial charge on any atom is -0.496 e. The van der Waals surface area contributed by atoms with E-state index in [-0.39, 0.29) is 12.6 Å². The van der Waals surface area contributed by atoms with E-state index in [1.54, 1.807) is 31.0 Å². The van der Waals surface area contributed by atoms with E-state index < -0.39 is 0 Å². The number of nitrogens with one attached hydrogen (secondary N) is 1. The van der Waals surface area contributed by atoms with Gasteiger partial charge in [0.15, 0.2) is 0 Å². The van der Waals surface area contributed by atoms with Gasteiger partial charge in [0.05, 0.1) is 30.7 Å². The summed E-state index contributed by atoms with van der Waals surface area (Å²) in [5.74, 6) is 2.14. The van der Waals surface area contributed by atoms with Crippen LogP contribution in [0.5, 0.6) is 17.4 Å². The summed E-state index contributed by atoms with van der Waals surface area (Å²) < 4.78 is 19.3. The molecule has 1 aromatic heterocycles. The summed E-state index contributed by atoms with van der Waals surface area (Å²) in [6, 6.07) is 11.3. The molecule has 0 spiro atoms. The molecule has 10 nitrogen and oxygen atoms in total. The fourth-order valence-corrected chi connectivity index (χ4v) is 4.12. The van der Waals surface area contributed by atoms with Gasteiger partial charge < -0.3 is 14.2 Å². The van der Waals surface area contributed by atoms with Crippen molar-refractivity contribution in [1.29, 1.82) is 0 Å². The second-order valence-corrected chi connectivity index (χ2v) is 8.33. The van der Waals surface area contributed by atoms with Crippen molar-refractivity contribution in [3.05, 3.63) is 53.1 Å². The average molecular weight is 481 g/mol. The molecule has 1 N–H and O–H groups in total. The molecule has 0 radical (unpaired) electrons. The second-order valence-electron chi connectivity index (χ2n) is 8.33. The monoisotopic (exact) mass is 480 g/mol. The number of carbonyl (C=O) groups is 1. The van der Waals surface area contributed by atoms with Crippen molar-refractivity contribution in [2.24, 2.45) is 7.05 Å². The molecule has 10 heteroatoms.